The minimum atomic E-state index is 0.406. The van der Waals surface area contributed by atoms with Crippen LogP contribution in [0.1, 0.15) is 23.6 Å². The minimum absolute atomic E-state index is 0.406. The normalized spacial score (nSPS) is 23.5. The number of phenols is 1. The number of ether oxygens (including phenoxy) is 1. The van der Waals surface area contributed by atoms with Crippen LogP contribution in [0.3, 0.4) is 0 Å². The van der Waals surface area contributed by atoms with Gasteiger partial charge >= 0.3 is 0 Å². The van der Waals surface area contributed by atoms with Gasteiger partial charge in [0.15, 0.2) is 0 Å². The van der Waals surface area contributed by atoms with Crippen molar-refractivity contribution in [2.75, 3.05) is 39.4 Å². The van der Waals surface area contributed by atoms with Gasteiger partial charge in [0.05, 0.1) is 13.2 Å². The van der Waals surface area contributed by atoms with E-state index in [-0.39, 0.29) is 0 Å². The van der Waals surface area contributed by atoms with Crippen LogP contribution >= 0.6 is 0 Å². The highest BCUT2D eigenvalue weighted by Crippen LogP contribution is 2.35. The maximum atomic E-state index is 9.83. The van der Waals surface area contributed by atoms with Gasteiger partial charge in [0.25, 0.3) is 0 Å². The monoisotopic (exact) mass is 262 g/mol. The van der Waals surface area contributed by atoms with E-state index < -0.39 is 0 Å². The highest BCUT2D eigenvalue weighted by atomic mass is 16.5. The second kappa shape index (κ2) is 5.90. The molecule has 0 radical (unpaired) electrons. The number of benzene rings is 1. The van der Waals surface area contributed by atoms with Crippen LogP contribution in [0.5, 0.6) is 5.75 Å². The van der Waals surface area contributed by atoms with E-state index in [0.29, 0.717) is 11.8 Å². The molecule has 1 aliphatic heterocycles. The third kappa shape index (κ3) is 2.91. The lowest BCUT2D eigenvalue weighted by molar-refractivity contribution is 0.0381. The standard InChI is InChI=1S/C15H22N2O2/c18-15-3-1-2-12-13(15)4-5-14(12)16-6-7-17-8-10-19-11-9-17/h1-3,14,16,18H,4-11H2. The summed E-state index contributed by atoms with van der Waals surface area (Å²) >= 11 is 0. The molecule has 0 aromatic heterocycles. The number of phenolic OH excluding ortho intramolecular Hbond substituents is 1. The quantitative estimate of drug-likeness (QED) is 0.858. The van der Waals surface area contributed by atoms with E-state index in [0.717, 1.165) is 57.8 Å². The van der Waals surface area contributed by atoms with Crippen molar-refractivity contribution in [3.8, 4) is 5.75 Å². The third-order valence-electron chi connectivity index (χ3n) is 4.17. The molecule has 0 spiro atoms. The number of nitrogens with zero attached hydrogens (tertiary/aromatic N) is 1. The molecule has 1 saturated heterocycles. The number of hydrogen-bond acceptors (Lipinski definition) is 4. The van der Waals surface area contributed by atoms with Gasteiger partial charge in [0, 0.05) is 32.2 Å². The Bertz CT molecular complexity index is 430. The van der Waals surface area contributed by atoms with Gasteiger partial charge in [-0.1, -0.05) is 12.1 Å². The first-order valence-corrected chi connectivity index (χ1v) is 7.19. The second-order valence-corrected chi connectivity index (χ2v) is 5.34. The average Bonchev–Trinajstić information content (AvgIpc) is 2.85. The molecule has 0 bridgehead atoms. The largest absolute Gasteiger partial charge is 0.508 e. The highest BCUT2D eigenvalue weighted by Gasteiger charge is 2.24. The summed E-state index contributed by atoms with van der Waals surface area (Å²) in [4.78, 5) is 2.44. The molecule has 1 aromatic carbocycles. The summed E-state index contributed by atoms with van der Waals surface area (Å²) in [6.45, 7) is 5.89. The molecule has 1 heterocycles. The van der Waals surface area contributed by atoms with Crippen LogP contribution in [0, 0.1) is 0 Å². The van der Waals surface area contributed by atoms with Crippen molar-refractivity contribution in [3.05, 3.63) is 29.3 Å². The topological polar surface area (TPSA) is 44.7 Å². The molecular weight excluding hydrogens is 240 g/mol. The molecule has 4 nitrogen and oxygen atoms in total. The smallest absolute Gasteiger partial charge is 0.119 e. The van der Waals surface area contributed by atoms with Crippen LogP contribution in [0.15, 0.2) is 18.2 Å². The molecular formula is C15H22N2O2. The van der Waals surface area contributed by atoms with Gasteiger partial charge in [-0.05, 0) is 30.0 Å². The van der Waals surface area contributed by atoms with E-state index >= 15 is 0 Å². The van der Waals surface area contributed by atoms with Crippen LogP contribution < -0.4 is 5.32 Å². The number of morpholine rings is 1. The Morgan fingerprint density at radius 1 is 1.32 bits per heavy atom. The molecule has 2 aliphatic rings. The summed E-state index contributed by atoms with van der Waals surface area (Å²) < 4.78 is 5.35. The van der Waals surface area contributed by atoms with Gasteiger partial charge in [-0.15, -0.1) is 0 Å². The Hall–Kier alpha value is -1.10. The molecule has 1 aromatic rings. The van der Waals surface area contributed by atoms with Crippen molar-refractivity contribution in [2.45, 2.75) is 18.9 Å². The molecule has 1 aliphatic carbocycles. The summed E-state index contributed by atoms with van der Waals surface area (Å²) in [5.74, 6) is 0.454. The zero-order valence-corrected chi connectivity index (χ0v) is 11.3. The van der Waals surface area contributed by atoms with Gasteiger partial charge in [0.1, 0.15) is 5.75 Å². The van der Waals surface area contributed by atoms with Crippen LogP contribution in [-0.2, 0) is 11.2 Å². The maximum absolute atomic E-state index is 9.83. The van der Waals surface area contributed by atoms with Gasteiger partial charge < -0.3 is 15.2 Å². The lowest BCUT2D eigenvalue weighted by Crippen LogP contribution is -2.40. The Balaban J connectivity index is 1.51. The van der Waals surface area contributed by atoms with Crippen molar-refractivity contribution in [1.29, 1.82) is 0 Å². The first-order chi connectivity index (χ1) is 9.34. The van der Waals surface area contributed by atoms with E-state index in [9.17, 15) is 5.11 Å². The SMILES string of the molecule is Oc1cccc2c1CCC2NCCN1CCOCC1. The lowest BCUT2D eigenvalue weighted by atomic mass is 10.1. The van der Waals surface area contributed by atoms with Crippen molar-refractivity contribution in [2.24, 2.45) is 0 Å². The predicted molar refractivity (Wildman–Crippen MR) is 74.4 cm³/mol. The van der Waals surface area contributed by atoms with Gasteiger partial charge in [-0.3, -0.25) is 4.90 Å². The molecule has 104 valence electrons. The second-order valence-electron chi connectivity index (χ2n) is 5.34. The minimum Gasteiger partial charge on any atom is -0.508 e. The summed E-state index contributed by atoms with van der Waals surface area (Å²) in [7, 11) is 0. The van der Waals surface area contributed by atoms with Crippen LogP contribution in [0.4, 0.5) is 0 Å². The summed E-state index contributed by atoms with van der Waals surface area (Å²) in [6.07, 6.45) is 2.08. The molecule has 3 rings (SSSR count). The average molecular weight is 262 g/mol. The highest BCUT2D eigenvalue weighted by molar-refractivity contribution is 5.44. The molecule has 1 atom stereocenters. The molecule has 1 unspecified atom stereocenters. The van der Waals surface area contributed by atoms with E-state index in [4.69, 9.17) is 4.74 Å². The van der Waals surface area contributed by atoms with Crippen molar-refractivity contribution >= 4 is 0 Å². The number of hydrogen-bond donors (Lipinski definition) is 2. The zero-order valence-electron chi connectivity index (χ0n) is 11.3. The van der Waals surface area contributed by atoms with Gasteiger partial charge in [-0.2, -0.15) is 0 Å². The Kier molecular flexibility index (Phi) is 4.01. The van der Waals surface area contributed by atoms with E-state index in [1.54, 1.807) is 6.07 Å². The predicted octanol–water partition coefficient (Wildman–Crippen LogP) is 1.30. The first-order valence-electron chi connectivity index (χ1n) is 7.19. The van der Waals surface area contributed by atoms with Crippen LogP contribution in [-0.4, -0.2) is 49.4 Å². The fourth-order valence-electron chi connectivity index (χ4n) is 3.07. The van der Waals surface area contributed by atoms with Gasteiger partial charge in [-0.25, -0.2) is 0 Å². The zero-order chi connectivity index (χ0) is 13.1. The van der Waals surface area contributed by atoms with Crippen LogP contribution in [0.2, 0.25) is 0 Å². The summed E-state index contributed by atoms with van der Waals surface area (Å²) in [5.41, 5.74) is 2.41. The van der Waals surface area contributed by atoms with Crippen molar-refractivity contribution in [1.82, 2.24) is 10.2 Å². The maximum Gasteiger partial charge on any atom is 0.119 e. The van der Waals surface area contributed by atoms with E-state index in [1.165, 1.54) is 5.56 Å². The first kappa shape index (κ1) is 12.9. The third-order valence-corrected chi connectivity index (χ3v) is 4.17. The molecule has 2 N–H and O–H groups in total. The molecule has 0 saturated carbocycles. The Labute approximate surface area is 114 Å². The molecule has 1 fully saturated rings. The number of nitrogens with one attached hydrogen (secondary N) is 1. The van der Waals surface area contributed by atoms with Crippen LogP contribution in [0.25, 0.3) is 0 Å². The fraction of sp³-hybridized carbons (Fsp3) is 0.600. The van der Waals surface area contributed by atoms with E-state index in [1.807, 2.05) is 6.07 Å². The Morgan fingerprint density at radius 2 is 2.16 bits per heavy atom. The van der Waals surface area contributed by atoms with Gasteiger partial charge in [0.2, 0.25) is 0 Å². The Morgan fingerprint density at radius 3 is 3.00 bits per heavy atom. The lowest BCUT2D eigenvalue weighted by Gasteiger charge is -2.27. The summed E-state index contributed by atoms with van der Waals surface area (Å²) in [5, 5.41) is 13.4. The summed E-state index contributed by atoms with van der Waals surface area (Å²) in [6, 6.07) is 6.27. The number of aromatic hydroxyl groups is 1. The molecule has 19 heavy (non-hydrogen) atoms. The van der Waals surface area contributed by atoms with Crippen molar-refractivity contribution in [3.63, 3.8) is 0 Å². The fourth-order valence-corrected chi connectivity index (χ4v) is 3.07. The van der Waals surface area contributed by atoms with Crippen molar-refractivity contribution < 1.29 is 9.84 Å². The molecule has 4 heteroatoms. The number of fused-ring (bicyclic) bond motifs is 1. The molecule has 0 amide bonds. The number of rotatable bonds is 4. The van der Waals surface area contributed by atoms with E-state index in [2.05, 4.69) is 16.3 Å².